The standard InChI is InChI=1S/C15H14N2.BrH/c1-11-6-7-13(12(2)9-11)14-10-17-8-4-3-5-15(17)16-14;/h3-10H,1-2H3;1H. The van der Waals surface area contributed by atoms with Crippen molar-refractivity contribution in [2.24, 2.45) is 0 Å². The summed E-state index contributed by atoms with van der Waals surface area (Å²) in [6, 6.07) is 12.5. The Labute approximate surface area is 117 Å². The molecule has 0 aliphatic rings. The van der Waals surface area contributed by atoms with Gasteiger partial charge in [0.05, 0.1) is 5.69 Å². The summed E-state index contributed by atoms with van der Waals surface area (Å²) >= 11 is 0. The minimum atomic E-state index is 0. The average molecular weight is 303 g/mol. The van der Waals surface area contributed by atoms with Crippen LogP contribution in [0.2, 0.25) is 0 Å². The first-order valence-electron chi connectivity index (χ1n) is 5.75. The van der Waals surface area contributed by atoms with Crippen molar-refractivity contribution in [3.63, 3.8) is 0 Å². The van der Waals surface area contributed by atoms with Crippen LogP contribution in [0.3, 0.4) is 0 Å². The zero-order valence-electron chi connectivity index (χ0n) is 10.4. The Bertz CT molecular complexity index is 653. The Kier molecular flexibility index (Phi) is 3.53. The number of rotatable bonds is 1. The number of fused-ring (bicyclic) bond motifs is 1. The largest absolute Gasteiger partial charge is 0.306 e. The number of nitrogens with zero attached hydrogens (tertiary/aromatic N) is 2. The number of hydrogen-bond acceptors (Lipinski definition) is 1. The molecule has 0 atom stereocenters. The lowest BCUT2D eigenvalue weighted by Crippen LogP contribution is -1.84. The first kappa shape index (κ1) is 12.8. The van der Waals surface area contributed by atoms with Gasteiger partial charge in [-0.15, -0.1) is 17.0 Å². The van der Waals surface area contributed by atoms with Crippen LogP contribution >= 0.6 is 17.0 Å². The summed E-state index contributed by atoms with van der Waals surface area (Å²) in [6.07, 6.45) is 4.10. The Morgan fingerprint density at radius 1 is 1.06 bits per heavy atom. The Morgan fingerprint density at radius 2 is 1.89 bits per heavy atom. The molecule has 0 amide bonds. The first-order valence-corrected chi connectivity index (χ1v) is 5.75. The summed E-state index contributed by atoms with van der Waals surface area (Å²) in [5.41, 5.74) is 5.79. The van der Waals surface area contributed by atoms with Gasteiger partial charge in [0.25, 0.3) is 0 Å². The second-order valence-electron chi connectivity index (χ2n) is 4.41. The summed E-state index contributed by atoms with van der Waals surface area (Å²) in [5, 5.41) is 0. The molecule has 0 bridgehead atoms. The number of aryl methyl sites for hydroxylation is 2. The molecular weight excluding hydrogens is 288 g/mol. The van der Waals surface area contributed by atoms with Gasteiger partial charge in [-0.1, -0.05) is 29.8 Å². The number of imidazole rings is 1. The molecule has 92 valence electrons. The van der Waals surface area contributed by atoms with Gasteiger partial charge in [-0.3, -0.25) is 0 Å². The van der Waals surface area contributed by atoms with E-state index in [1.54, 1.807) is 0 Å². The fourth-order valence-corrected chi connectivity index (χ4v) is 2.17. The topological polar surface area (TPSA) is 17.3 Å². The van der Waals surface area contributed by atoms with Gasteiger partial charge in [-0.25, -0.2) is 4.98 Å². The van der Waals surface area contributed by atoms with Crippen molar-refractivity contribution in [1.82, 2.24) is 9.38 Å². The van der Waals surface area contributed by atoms with Gasteiger partial charge >= 0.3 is 0 Å². The van der Waals surface area contributed by atoms with Crippen LogP contribution in [0.5, 0.6) is 0 Å². The Morgan fingerprint density at radius 3 is 2.61 bits per heavy atom. The molecule has 3 heteroatoms. The quantitative estimate of drug-likeness (QED) is 0.658. The molecule has 1 aromatic carbocycles. The van der Waals surface area contributed by atoms with Crippen LogP contribution in [-0.4, -0.2) is 9.38 Å². The monoisotopic (exact) mass is 302 g/mol. The minimum Gasteiger partial charge on any atom is -0.306 e. The maximum Gasteiger partial charge on any atom is 0.137 e. The van der Waals surface area contributed by atoms with E-state index in [4.69, 9.17) is 0 Å². The lowest BCUT2D eigenvalue weighted by molar-refractivity contribution is 1.19. The normalized spacial score (nSPS) is 10.3. The predicted molar refractivity (Wildman–Crippen MR) is 80.4 cm³/mol. The van der Waals surface area contributed by atoms with E-state index < -0.39 is 0 Å². The summed E-state index contributed by atoms with van der Waals surface area (Å²) < 4.78 is 2.05. The van der Waals surface area contributed by atoms with E-state index in [0.717, 1.165) is 11.3 Å². The average Bonchev–Trinajstić information content (AvgIpc) is 2.72. The van der Waals surface area contributed by atoms with Crippen LogP contribution in [-0.2, 0) is 0 Å². The summed E-state index contributed by atoms with van der Waals surface area (Å²) in [5.74, 6) is 0. The van der Waals surface area contributed by atoms with E-state index in [9.17, 15) is 0 Å². The lowest BCUT2D eigenvalue weighted by atomic mass is 10.0. The third kappa shape index (κ3) is 2.18. The van der Waals surface area contributed by atoms with Gasteiger partial charge in [0.15, 0.2) is 0 Å². The van der Waals surface area contributed by atoms with Gasteiger partial charge in [0, 0.05) is 18.0 Å². The van der Waals surface area contributed by atoms with Crippen molar-refractivity contribution in [2.75, 3.05) is 0 Å². The van der Waals surface area contributed by atoms with Gasteiger partial charge < -0.3 is 4.40 Å². The van der Waals surface area contributed by atoms with Gasteiger partial charge in [0.2, 0.25) is 0 Å². The van der Waals surface area contributed by atoms with E-state index in [-0.39, 0.29) is 17.0 Å². The maximum absolute atomic E-state index is 4.64. The third-order valence-corrected chi connectivity index (χ3v) is 3.02. The number of hydrogen-bond donors (Lipinski definition) is 0. The maximum atomic E-state index is 4.64. The van der Waals surface area contributed by atoms with Crippen molar-refractivity contribution < 1.29 is 0 Å². The van der Waals surface area contributed by atoms with E-state index >= 15 is 0 Å². The molecule has 0 aliphatic carbocycles. The van der Waals surface area contributed by atoms with Gasteiger partial charge in [0.1, 0.15) is 5.65 Å². The Hall–Kier alpha value is -1.61. The fourth-order valence-electron chi connectivity index (χ4n) is 2.17. The first-order chi connectivity index (χ1) is 8.24. The molecule has 0 radical (unpaired) electrons. The highest BCUT2D eigenvalue weighted by atomic mass is 79.9. The minimum absolute atomic E-state index is 0. The number of benzene rings is 1. The molecule has 0 aliphatic heterocycles. The summed E-state index contributed by atoms with van der Waals surface area (Å²) in [4.78, 5) is 4.64. The molecular formula is C15H15BrN2. The van der Waals surface area contributed by atoms with Crippen molar-refractivity contribution >= 4 is 22.6 Å². The zero-order valence-corrected chi connectivity index (χ0v) is 12.1. The van der Waals surface area contributed by atoms with Crippen molar-refractivity contribution in [1.29, 1.82) is 0 Å². The molecule has 0 spiro atoms. The predicted octanol–water partition coefficient (Wildman–Crippen LogP) is 4.20. The second kappa shape index (κ2) is 4.94. The molecule has 0 N–H and O–H groups in total. The highest BCUT2D eigenvalue weighted by molar-refractivity contribution is 8.93. The summed E-state index contributed by atoms with van der Waals surface area (Å²) in [7, 11) is 0. The highest BCUT2D eigenvalue weighted by Crippen LogP contribution is 2.23. The third-order valence-electron chi connectivity index (χ3n) is 3.02. The highest BCUT2D eigenvalue weighted by Gasteiger charge is 2.06. The molecule has 18 heavy (non-hydrogen) atoms. The van der Waals surface area contributed by atoms with E-state index in [1.807, 2.05) is 24.4 Å². The van der Waals surface area contributed by atoms with Crippen molar-refractivity contribution in [3.8, 4) is 11.3 Å². The second-order valence-corrected chi connectivity index (χ2v) is 4.41. The molecule has 2 nitrogen and oxygen atoms in total. The van der Waals surface area contributed by atoms with Crippen LogP contribution in [0.4, 0.5) is 0 Å². The Balaban J connectivity index is 0.00000120. The molecule has 2 aromatic heterocycles. The van der Waals surface area contributed by atoms with E-state index in [0.29, 0.717) is 0 Å². The van der Waals surface area contributed by atoms with Crippen molar-refractivity contribution in [2.45, 2.75) is 13.8 Å². The molecule has 0 saturated carbocycles. The molecule has 2 heterocycles. The van der Waals surface area contributed by atoms with Crippen LogP contribution < -0.4 is 0 Å². The smallest absolute Gasteiger partial charge is 0.137 e. The molecule has 0 fully saturated rings. The molecule has 0 saturated heterocycles. The van der Waals surface area contributed by atoms with Crippen LogP contribution in [0.1, 0.15) is 11.1 Å². The van der Waals surface area contributed by atoms with Gasteiger partial charge in [-0.05, 0) is 31.5 Å². The molecule has 0 unspecified atom stereocenters. The number of pyridine rings is 1. The number of halogens is 1. The zero-order chi connectivity index (χ0) is 11.8. The van der Waals surface area contributed by atoms with Crippen LogP contribution in [0, 0.1) is 13.8 Å². The van der Waals surface area contributed by atoms with Crippen LogP contribution in [0.15, 0.2) is 48.8 Å². The van der Waals surface area contributed by atoms with Gasteiger partial charge in [-0.2, -0.15) is 0 Å². The lowest BCUT2D eigenvalue weighted by Gasteiger charge is -2.02. The number of aromatic nitrogens is 2. The van der Waals surface area contributed by atoms with Crippen LogP contribution in [0.25, 0.3) is 16.9 Å². The van der Waals surface area contributed by atoms with Crippen molar-refractivity contribution in [3.05, 3.63) is 59.9 Å². The SMILES string of the molecule is Br.Cc1ccc(-c2cn3ccccc3n2)c(C)c1. The van der Waals surface area contributed by atoms with E-state index in [1.165, 1.54) is 16.7 Å². The molecule has 3 aromatic rings. The summed E-state index contributed by atoms with van der Waals surface area (Å²) in [6.45, 7) is 4.24. The fraction of sp³-hybridized carbons (Fsp3) is 0.133. The molecule has 3 rings (SSSR count). The van der Waals surface area contributed by atoms with E-state index in [2.05, 4.69) is 47.6 Å².